The molecule has 13 heavy (non-hydrogen) atoms. The summed E-state index contributed by atoms with van der Waals surface area (Å²) >= 11 is 0. The van der Waals surface area contributed by atoms with Gasteiger partial charge in [0.2, 0.25) is 5.91 Å². The van der Waals surface area contributed by atoms with Crippen molar-refractivity contribution in [2.24, 2.45) is 0 Å². The number of nitrogens with one attached hydrogen (secondary N) is 1. The van der Waals surface area contributed by atoms with Crippen molar-refractivity contribution in [1.82, 2.24) is 4.98 Å². The molecule has 0 unspecified atom stereocenters. The fourth-order valence-electron chi connectivity index (χ4n) is 0.932. The number of anilines is 1. The second kappa shape index (κ2) is 4.03. The maximum absolute atomic E-state index is 11.0. The smallest absolute Gasteiger partial charge is 0.225 e. The first kappa shape index (κ1) is 9.71. The van der Waals surface area contributed by atoms with Crippen molar-refractivity contribution < 1.29 is 4.79 Å². The Bertz CT molecular complexity index is 321. The Hall–Kier alpha value is -1.38. The normalized spacial score (nSPS) is 9.77. The van der Waals surface area contributed by atoms with E-state index in [9.17, 15) is 4.79 Å². The third-order valence-corrected chi connectivity index (χ3v) is 1.94. The Morgan fingerprint density at radius 1 is 1.46 bits per heavy atom. The van der Waals surface area contributed by atoms with Crippen LogP contribution in [0.4, 0.5) is 5.82 Å². The molecule has 0 atom stereocenters. The lowest BCUT2D eigenvalue weighted by atomic mass is 10.2. The second-order valence-corrected chi connectivity index (χ2v) is 3.00. The summed E-state index contributed by atoms with van der Waals surface area (Å²) in [5.74, 6) is 0.630. The standard InChI is InChI=1S/C10H14N2O/c1-4-10(13)12-9-6-5-7(2)8(3)11-9/h5-6H,4H2,1-3H3,(H,11,12,13). The number of aryl methyl sites for hydroxylation is 2. The number of rotatable bonds is 2. The zero-order valence-corrected chi connectivity index (χ0v) is 8.22. The highest BCUT2D eigenvalue weighted by Gasteiger charge is 2.00. The lowest BCUT2D eigenvalue weighted by Gasteiger charge is -2.04. The number of nitrogens with zero attached hydrogens (tertiary/aromatic N) is 1. The molecule has 0 spiro atoms. The van der Waals surface area contributed by atoms with Crippen LogP contribution in [-0.2, 0) is 4.79 Å². The molecule has 1 amide bonds. The molecule has 1 aromatic rings. The van der Waals surface area contributed by atoms with E-state index in [0.29, 0.717) is 12.2 Å². The van der Waals surface area contributed by atoms with Crippen molar-refractivity contribution in [3.63, 3.8) is 0 Å². The van der Waals surface area contributed by atoms with Crippen LogP contribution in [0.3, 0.4) is 0 Å². The van der Waals surface area contributed by atoms with Gasteiger partial charge in [0.05, 0.1) is 0 Å². The van der Waals surface area contributed by atoms with Gasteiger partial charge < -0.3 is 5.32 Å². The van der Waals surface area contributed by atoms with Gasteiger partial charge in [-0.3, -0.25) is 4.79 Å². The molecule has 3 heteroatoms. The lowest BCUT2D eigenvalue weighted by Crippen LogP contribution is -2.11. The number of hydrogen-bond donors (Lipinski definition) is 1. The number of amides is 1. The first-order valence-electron chi connectivity index (χ1n) is 4.37. The van der Waals surface area contributed by atoms with Gasteiger partial charge >= 0.3 is 0 Å². The zero-order valence-electron chi connectivity index (χ0n) is 8.22. The molecule has 0 aromatic carbocycles. The van der Waals surface area contributed by atoms with E-state index in [2.05, 4.69) is 10.3 Å². The van der Waals surface area contributed by atoms with Crippen molar-refractivity contribution >= 4 is 11.7 Å². The summed E-state index contributed by atoms with van der Waals surface area (Å²) in [5.41, 5.74) is 2.09. The van der Waals surface area contributed by atoms with Gasteiger partial charge in [0.1, 0.15) is 5.82 Å². The third kappa shape index (κ3) is 2.54. The number of aromatic nitrogens is 1. The molecule has 0 bridgehead atoms. The Kier molecular flexibility index (Phi) is 3.01. The van der Waals surface area contributed by atoms with Gasteiger partial charge in [-0.1, -0.05) is 13.0 Å². The molecular formula is C10H14N2O. The van der Waals surface area contributed by atoms with E-state index in [4.69, 9.17) is 0 Å². The highest BCUT2D eigenvalue weighted by molar-refractivity contribution is 5.89. The van der Waals surface area contributed by atoms with Crippen LogP contribution in [0.2, 0.25) is 0 Å². The number of carbonyl (C=O) groups excluding carboxylic acids is 1. The second-order valence-electron chi connectivity index (χ2n) is 3.00. The largest absolute Gasteiger partial charge is 0.311 e. The van der Waals surface area contributed by atoms with Crippen molar-refractivity contribution in [1.29, 1.82) is 0 Å². The highest BCUT2D eigenvalue weighted by atomic mass is 16.1. The topological polar surface area (TPSA) is 42.0 Å². The van der Waals surface area contributed by atoms with Gasteiger partial charge in [-0.25, -0.2) is 4.98 Å². The minimum Gasteiger partial charge on any atom is -0.311 e. The fraction of sp³-hybridized carbons (Fsp3) is 0.400. The Morgan fingerprint density at radius 2 is 2.15 bits per heavy atom. The summed E-state index contributed by atoms with van der Waals surface area (Å²) < 4.78 is 0. The van der Waals surface area contributed by atoms with E-state index in [1.807, 2.05) is 32.9 Å². The highest BCUT2D eigenvalue weighted by Crippen LogP contribution is 2.08. The summed E-state index contributed by atoms with van der Waals surface area (Å²) in [6, 6.07) is 3.77. The average molecular weight is 178 g/mol. The van der Waals surface area contributed by atoms with Crippen LogP contribution in [0.5, 0.6) is 0 Å². The van der Waals surface area contributed by atoms with Gasteiger partial charge in [-0.2, -0.15) is 0 Å². The zero-order chi connectivity index (χ0) is 9.84. The SMILES string of the molecule is CCC(=O)Nc1ccc(C)c(C)n1. The third-order valence-electron chi connectivity index (χ3n) is 1.94. The minimum atomic E-state index is -0.00393. The quantitative estimate of drug-likeness (QED) is 0.753. The van der Waals surface area contributed by atoms with Gasteiger partial charge in [0, 0.05) is 12.1 Å². The van der Waals surface area contributed by atoms with E-state index in [1.54, 1.807) is 0 Å². The number of carbonyl (C=O) groups is 1. The Labute approximate surface area is 78.2 Å². The Morgan fingerprint density at radius 3 is 2.69 bits per heavy atom. The molecule has 0 fully saturated rings. The van der Waals surface area contributed by atoms with Crippen LogP contribution >= 0.6 is 0 Å². The molecule has 0 saturated heterocycles. The van der Waals surface area contributed by atoms with Crippen molar-refractivity contribution in [2.75, 3.05) is 5.32 Å². The Balaban J connectivity index is 2.79. The molecule has 0 aliphatic rings. The van der Waals surface area contributed by atoms with Gasteiger partial charge in [0.25, 0.3) is 0 Å². The first-order chi connectivity index (χ1) is 6.13. The van der Waals surface area contributed by atoms with E-state index in [0.717, 1.165) is 11.3 Å². The van der Waals surface area contributed by atoms with Crippen LogP contribution in [-0.4, -0.2) is 10.9 Å². The van der Waals surface area contributed by atoms with Crippen LogP contribution in [0.1, 0.15) is 24.6 Å². The maximum Gasteiger partial charge on any atom is 0.225 e. The van der Waals surface area contributed by atoms with Gasteiger partial charge in [0.15, 0.2) is 0 Å². The molecule has 0 radical (unpaired) electrons. The molecule has 70 valence electrons. The van der Waals surface area contributed by atoms with E-state index < -0.39 is 0 Å². The van der Waals surface area contributed by atoms with Crippen LogP contribution < -0.4 is 5.32 Å². The van der Waals surface area contributed by atoms with Crippen molar-refractivity contribution in [3.05, 3.63) is 23.4 Å². The maximum atomic E-state index is 11.0. The van der Waals surface area contributed by atoms with E-state index in [1.165, 1.54) is 0 Å². The van der Waals surface area contributed by atoms with E-state index >= 15 is 0 Å². The van der Waals surface area contributed by atoms with Gasteiger partial charge in [-0.05, 0) is 25.5 Å². The predicted molar refractivity (Wildman–Crippen MR) is 52.6 cm³/mol. The minimum absolute atomic E-state index is 0.00393. The summed E-state index contributed by atoms with van der Waals surface area (Å²) in [6.45, 7) is 5.74. The van der Waals surface area contributed by atoms with Crippen LogP contribution in [0, 0.1) is 13.8 Å². The number of pyridine rings is 1. The molecule has 1 rings (SSSR count). The predicted octanol–water partition coefficient (Wildman–Crippen LogP) is 2.05. The fourth-order valence-corrected chi connectivity index (χ4v) is 0.932. The average Bonchev–Trinajstić information content (AvgIpc) is 2.11. The monoisotopic (exact) mass is 178 g/mol. The number of hydrogen-bond acceptors (Lipinski definition) is 2. The summed E-state index contributed by atoms with van der Waals surface area (Å²) in [6.07, 6.45) is 0.481. The van der Waals surface area contributed by atoms with Crippen molar-refractivity contribution in [2.45, 2.75) is 27.2 Å². The summed E-state index contributed by atoms with van der Waals surface area (Å²) in [7, 11) is 0. The van der Waals surface area contributed by atoms with Crippen LogP contribution in [0.15, 0.2) is 12.1 Å². The summed E-state index contributed by atoms with van der Waals surface area (Å²) in [4.78, 5) is 15.3. The molecule has 1 aromatic heterocycles. The first-order valence-corrected chi connectivity index (χ1v) is 4.37. The molecular weight excluding hydrogens is 164 g/mol. The molecule has 0 aliphatic heterocycles. The summed E-state index contributed by atoms with van der Waals surface area (Å²) in [5, 5.41) is 2.71. The molecule has 3 nitrogen and oxygen atoms in total. The molecule has 0 saturated carbocycles. The van der Waals surface area contributed by atoms with Gasteiger partial charge in [-0.15, -0.1) is 0 Å². The molecule has 1 heterocycles. The van der Waals surface area contributed by atoms with Crippen molar-refractivity contribution in [3.8, 4) is 0 Å². The molecule has 1 N–H and O–H groups in total. The molecule has 0 aliphatic carbocycles. The lowest BCUT2D eigenvalue weighted by molar-refractivity contribution is -0.115. The van der Waals surface area contributed by atoms with E-state index in [-0.39, 0.29) is 5.91 Å². The van der Waals surface area contributed by atoms with Crippen LogP contribution in [0.25, 0.3) is 0 Å².